The molecule has 0 bridgehead atoms. The molecule has 2 amide bonds. The molecule has 3 atom stereocenters. The van der Waals surface area contributed by atoms with Gasteiger partial charge in [0.05, 0.1) is 0 Å². The van der Waals surface area contributed by atoms with Crippen molar-refractivity contribution in [2.75, 3.05) is 26.2 Å². The Bertz CT molecular complexity index is 257. The van der Waals surface area contributed by atoms with E-state index in [1.54, 1.807) is 0 Å². The molecule has 2 saturated heterocycles. The second kappa shape index (κ2) is 5.04. The quantitative estimate of drug-likeness (QED) is 0.753. The first-order valence-electron chi connectivity index (χ1n) is 6.53. The highest BCUT2D eigenvalue weighted by molar-refractivity contribution is 5.75. The summed E-state index contributed by atoms with van der Waals surface area (Å²) in [6.07, 6.45) is 2.08. The fourth-order valence-corrected chi connectivity index (χ4v) is 3.11. The molecular formula is C12H23N3O. The minimum Gasteiger partial charge on any atom is -0.338 e. The predicted molar refractivity (Wildman–Crippen MR) is 64.3 cm³/mol. The number of rotatable bonds is 3. The van der Waals surface area contributed by atoms with Crippen LogP contribution in [0.5, 0.6) is 0 Å². The van der Waals surface area contributed by atoms with Crippen LogP contribution in [0.3, 0.4) is 0 Å². The predicted octanol–water partition coefficient (Wildman–Crippen LogP) is 1.04. The van der Waals surface area contributed by atoms with Crippen LogP contribution in [0.4, 0.5) is 4.79 Å². The van der Waals surface area contributed by atoms with Crippen molar-refractivity contribution in [3.05, 3.63) is 0 Å². The van der Waals surface area contributed by atoms with E-state index < -0.39 is 0 Å². The largest absolute Gasteiger partial charge is 0.338 e. The van der Waals surface area contributed by atoms with Gasteiger partial charge in [-0.15, -0.1) is 0 Å². The number of nitrogens with zero attached hydrogens (tertiary/aromatic N) is 1. The van der Waals surface area contributed by atoms with E-state index in [0.29, 0.717) is 17.9 Å². The summed E-state index contributed by atoms with van der Waals surface area (Å²) in [6.45, 7) is 8.16. The van der Waals surface area contributed by atoms with E-state index in [1.165, 1.54) is 0 Å². The summed E-state index contributed by atoms with van der Waals surface area (Å²) in [4.78, 5) is 14.1. The molecule has 2 aliphatic heterocycles. The fraction of sp³-hybridized carbons (Fsp3) is 0.917. The van der Waals surface area contributed by atoms with Crippen molar-refractivity contribution in [3.8, 4) is 0 Å². The lowest BCUT2D eigenvalue weighted by Crippen LogP contribution is -2.45. The normalized spacial score (nSPS) is 32.9. The number of urea groups is 1. The minimum absolute atomic E-state index is 0.142. The number of carbonyl (C=O) groups excluding carboxylic acids is 1. The standard InChI is InChI=1S/C12H23N3O/c1-3-5-14-12(16)15-8-9-6-13-7-10(9)11(15)4-2/h9-11,13H,3-8H2,1-2H3,(H,14,16). The summed E-state index contributed by atoms with van der Waals surface area (Å²) >= 11 is 0. The highest BCUT2D eigenvalue weighted by Crippen LogP contribution is 2.34. The fourth-order valence-electron chi connectivity index (χ4n) is 3.11. The van der Waals surface area contributed by atoms with E-state index in [2.05, 4.69) is 29.4 Å². The molecule has 0 saturated carbocycles. The molecule has 2 N–H and O–H groups in total. The van der Waals surface area contributed by atoms with Gasteiger partial charge >= 0.3 is 6.03 Å². The molecule has 3 unspecified atom stereocenters. The molecule has 4 nitrogen and oxygen atoms in total. The van der Waals surface area contributed by atoms with E-state index in [9.17, 15) is 4.79 Å². The zero-order valence-corrected chi connectivity index (χ0v) is 10.3. The van der Waals surface area contributed by atoms with Crippen LogP contribution in [-0.4, -0.2) is 43.2 Å². The lowest BCUT2D eigenvalue weighted by atomic mass is 9.93. The van der Waals surface area contributed by atoms with Crippen LogP contribution in [0.25, 0.3) is 0 Å². The molecule has 0 aromatic heterocycles. The van der Waals surface area contributed by atoms with Crippen molar-refractivity contribution in [2.24, 2.45) is 11.8 Å². The van der Waals surface area contributed by atoms with Gasteiger partial charge in [0.25, 0.3) is 0 Å². The van der Waals surface area contributed by atoms with Gasteiger partial charge in [-0.05, 0) is 24.7 Å². The van der Waals surface area contributed by atoms with Crippen molar-refractivity contribution in [2.45, 2.75) is 32.7 Å². The second-order valence-electron chi connectivity index (χ2n) is 4.94. The van der Waals surface area contributed by atoms with E-state index in [1.807, 2.05) is 0 Å². The van der Waals surface area contributed by atoms with Crippen molar-refractivity contribution in [1.29, 1.82) is 0 Å². The topological polar surface area (TPSA) is 44.4 Å². The first-order valence-corrected chi connectivity index (χ1v) is 6.53. The molecule has 0 aliphatic carbocycles. The molecule has 0 spiro atoms. The monoisotopic (exact) mass is 225 g/mol. The maximum absolute atomic E-state index is 12.0. The van der Waals surface area contributed by atoms with Gasteiger partial charge in [0.2, 0.25) is 0 Å². The third-order valence-corrected chi connectivity index (χ3v) is 3.92. The molecule has 2 fully saturated rings. The van der Waals surface area contributed by atoms with Crippen molar-refractivity contribution in [3.63, 3.8) is 0 Å². The first kappa shape index (κ1) is 11.7. The summed E-state index contributed by atoms with van der Waals surface area (Å²) < 4.78 is 0. The number of nitrogens with one attached hydrogen (secondary N) is 2. The Morgan fingerprint density at radius 1 is 1.44 bits per heavy atom. The number of fused-ring (bicyclic) bond motifs is 1. The van der Waals surface area contributed by atoms with Crippen LogP contribution >= 0.6 is 0 Å². The number of carbonyl (C=O) groups is 1. The van der Waals surface area contributed by atoms with Crippen LogP contribution in [0.1, 0.15) is 26.7 Å². The zero-order valence-electron chi connectivity index (χ0n) is 10.3. The molecule has 0 aromatic rings. The Morgan fingerprint density at radius 2 is 2.25 bits per heavy atom. The van der Waals surface area contributed by atoms with Gasteiger partial charge < -0.3 is 15.5 Å². The van der Waals surface area contributed by atoms with Crippen molar-refractivity contribution >= 4 is 6.03 Å². The molecule has 2 rings (SSSR count). The Kier molecular flexibility index (Phi) is 3.69. The van der Waals surface area contributed by atoms with Gasteiger partial charge in [0, 0.05) is 32.2 Å². The Morgan fingerprint density at radius 3 is 2.94 bits per heavy atom. The van der Waals surface area contributed by atoms with Gasteiger partial charge in [0.15, 0.2) is 0 Å². The molecular weight excluding hydrogens is 202 g/mol. The van der Waals surface area contributed by atoms with E-state index in [-0.39, 0.29) is 6.03 Å². The number of likely N-dealkylation sites (tertiary alicyclic amines) is 1. The van der Waals surface area contributed by atoms with Crippen LogP contribution < -0.4 is 10.6 Å². The van der Waals surface area contributed by atoms with Gasteiger partial charge in [0.1, 0.15) is 0 Å². The highest BCUT2D eigenvalue weighted by Gasteiger charge is 2.44. The smallest absolute Gasteiger partial charge is 0.317 e. The summed E-state index contributed by atoms with van der Waals surface area (Å²) in [7, 11) is 0. The van der Waals surface area contributed by atoms with Gasteiger partial charge in [-0.2, -0.15) is 0 Å². The number of hydrogen-bond donors (Lipinski definition) is 2. The summed E-state index contributed by atoms with van der Waals surface area (Å²) in [5.41, 5.74) is 0. The Balaban J connectivity index is 1.97. The molecule has 0 radical (unpaired) electrons. The van der Waals surface area contributed by atoms with Crippen molar-refractivity contribution in [1.82, 2.24) is 15.5 Å². The SMILES string of the molecule is CCCNC(=O)N1CC2CNCC2C1CC. The molecule has 0 aromatic carbocycles. The maximum Gasteiger partial charge on any atom is 0.317 e. The maximum atomic E-state index is 12.0. The van der Waals surface area contributed by atoms with Crippen LogP contribution in [-0.2, 0) is 0 Å². The van der Waals surface area contributed by atoms with Gasteiger partial charge in [-0.3, -0.25) is 0 Å². The highest BCUT2D eigenvalue weighted by atomic mass is 16.2. The van der Waals surface area contributed by atoms with Gasteiger partial charge in [-0.1, -0.05) is 13.8 Å². The Labute approximate surface area is 97.8 Å². The summed E-state index contributed by atoms with van der Waals surface area (Å²) in [6, 6.07) is 0.583. The summed E-state index contributed by atoms with van der Waals surface area (Å²) in [5.74, 6) is 1.36. The van der Waals surface area contributed by atoms with Crippen LogP contribution in [0.2, 0.25) is 0 Å². The van der Waals surface area contributed by atoms with Gasteiger partial charge in [-0.25, -0.2) is 4.79 Å². The van der Waals surface area contributed by atoms with E-state index in [0.717, 1.165) is 39.0 Å². The van der Waals surface area contributed by atoms with Crippen molar-refractivity contribution < 1.29 is 4.79 Å². The molecule has 92 valence electrons. The third-order valence-electron chi connectivity index (χ3n) is 3.92. The zero-order chi connectivity index (χ0) is 11.5. The molecule has 4 heteroatoms. The molecule has 2 aliphatic rings. The molecule has 2 heterocycles. The lowest BCUT2D eigenvalue weighted by molar-refractivity contribution is 0.183. The first-order chi connectivity index (χ1) is 7.77. The number of amides is 2. The van der Waals surface area contributed by atoms with E-state index >= 15 is 0 Å². The average molecular weight is 225 g/mol. The number of hydrogen-bond acceptors (Lipinski definition) is 2. The summed E-state index contributed by atoms with van der Waals surface area (Å²) in [5, 5.41) is 6.43. The lowest BCUT2D eigenvalue weighted by Gasteiger charge is -2.27. The third kappa shape index (κ3) is 2.03. The second-order valence-corrected chi connectivity index (χ2v) is 4.94. The molecule has 16 heavy (non-hydrogen) atoms. The van der Waals surface area contributed by atoms with Crippen LogP contribution in [0.15, 0.2) is 0 Å². The average Bonchev–Trinajstić information content (AvgIpc) is 2.84. The minimum atomic E-state index is 0.142. The Hall–Kier alpha value is -0.770. The van der Waals surface area contributed by atoms with Crippen LogP contribution in [0, 0.1) is 11.8 Å². The van der Waals surface area contributed by atoms with E-state index in [4.69, 9.17) is 0 Å².